The third-order valence-corrected chi connectivity index (χ3v) is 11.0. The number of hydrogen-bond donors (Lipinski definition) is 0. The summed E-state index contributed by atoms with van der Waals surface area (Å²) >= 11 is 0. The van der Waals surface area contributed by atoms with Crippen LogP contribution in [0.3, 0.4) is 0 Å². The van der Waals surface area contributed by atoms with Gasteiger partial charge in [0.05, 0.1) is 0 Å². The zero-order valence-corrected chi connectivity index (χ0v) is 42.7. The molecule has 0 saturated carbocycles. The van der Waals surface area contributed by atoms with E-state index >= 15 is 0 Å². The highest BCUT2D eigenvalue weighted by molar-refractivity contribution is 5.71. The van der Waals surface area contributed by atoms with E-state index in [0.29, 0.717) is 19.3 Å². The third kappa shape index (κ3) is 51.1. The van der Waals surface area contributed by atoms with E-state index in [4.69, 9.17) is 14.2 Å². The molecule has 374 valence electrons. The molecule has 6 nitrogen and oxygen atoms in total. The summed E-state index contributed by atoms with van der Waals surface area (Å²) in [6, 6.07) is 0. The highest BCUT2D eigenvalue weighted by atomic mass is 16.6. The Morgan fingerprint density at radius 3 is 0.939 bits per heavy atom. The van der Waals surface area contributed by atoms with Gasteiger partial charge in [0.25, 0.3) is 0 Å². The SMILES string of the molecule is CC/C=C\C/C=C\C/C=C\C/C=C\C/C=C\C/C=C\C/C=C\C/C=C\CCCCCCC(=O)OCC(COC(=O)CCCCCCC)OC(=O)CCCCCCC/C=C\CCCCCCC. The average molecular weight is 915 g/mol. The van der Waals surface area contributed by atoms with Crippen molar-refractivity contribution in [1.82, 2.24) is 0 Å². The van der Waals surface area contributed by atoms with Gasteiger partial charge in [-0.25, -0.2) is 0 Å². The second kappa shape index (κ2) is 53.7. The van der Waals surface area contributed by atoms with Crippen molar-refractivity contribution in [2.45, 2.75) is 239 Å². The van der Waals surface area contributed by atoms with E-state index in [-0.39, 0.29) is 31.1 Å². The van der Waals surface area contributed by atoms with E-state index in [9.17, 15) is 14.4 Å². The van der Waals surface area contributed by atoms with Gasteiger partial charge in [0.1, 0.15) is 13.2 Å². The summed E-state index contributed by atoms with van der Waals surface area (Å²) in [6.45, 7) is 6.39. The Balaban J connectivity index is 4.19. The number of ether oxygens (including phenoxy) is 3. The molecule has 0 N–H and O–H groups in total. The molecule has 0 aliphatic rings. The quantitative estimate of drug-likeness (QED) is 0.0262. The first kappa shape index (κ1) is 62.1. The van der Waals surface area contributed by atoms with Crippen molar-refractivity contribution in [1.29, 1.82) is 0 Å². The predicted molar refractivity (Wildman–Crippen MR) is 283 cm³/mol. The lowest BCUT2D eigenvalue weighted by molar-refractivity contribution is -0.167. The van der Waals surface area contributed by atoms with Crippen LogP contribution in [0.5, 0.6) is 0 Å². The summed E-state index contributed by atoms with van der Waals surface area (Å²) in [5, 5.41) is 0. The van der Waals surface area contributed by atoms with E-state index in [2.05, 4.69) is 130 Å². The topological polar surface area (TPSA) is 78.9 Å². The molecule has 0 spiro atoms. The van der Waals surface area contributed by atoms with Crippen LogP contribution >= 0.6 is 0 Å². The van der Waals surface area contributed by atoms with Crippen LogP contribution in [0.2, 0.25) is 0 Å². The van der Waals surface area contributed by atoms with Crippen LogP contribution < -0.4 is 0 Å². The van der Waals surface area contributed by atoms with Crippen LogP contribution in [-0.4, -0.2) is 37.2 Å². The number of hydrogen-bond acceptors (Lipinski definition) is 6. The number of carbonyl (C=O) groups excluding carboxylic acids is 3. The number of carbonyl (C=O) groups is 3. The van der Waals surface area contributed by atoms with Crippen molar-refractivity contribution < 1.29 is 28.6 Å². The molecule has 0 aliphatic heterocycles. The second-order valence-corrected chi connectivity index (χ2v) is 17.4. The van der Waals surface area contributed by atoms with Gasteiger partial charge in [-0.05, 0) is 109 Å². The molecular weight excluding hydrogens is 817 g/mol. The number of rotatable bonds is 47. The lowest BCUT2D eigenvalue weighted by Crippen LogP contribution is -2.30. The number of allylic oxidation sites excluding steroid dienone is 18. The molecule has 0 saturated heterocycles. The van der Waals surface area contributed by atoms with Crippen molar-refractivity contribution in [3.05, 3.63) is 109 Å². The average Bonchev–Trinajstić information content (AvgIpc) is 3.31. The van der Waals surface area contributed by atoms with E-state index in [1.54, 1.807) is 0 Å². The Morgan fingerprint density at radius 2 is 0.591 bits per heavy atom. The van der Waals surface area contributed by atoms with Gasteiger partial charge < -0.3 is 14.2 Å². The molecule has 0 bridgehead atoms. The summed E-state index contributed by atoms with van der Waals surface area (Å²) in [4.78, 5) is 37.7. The van der Waals surface area contributed by atoms with E-state index in [1.165, 1.54) is 44.9 Å². The molecule has 6 heteroatoms. The third-order valence-electron chi connectivity index (χ3n) is 11.0. The molecule has 0 radical (unpaired) electrons. The molecule has 0 amide bonds. The summed E-state index contributed by atoms with van der Waals surface area (Å²) in [5.41, 5.74) is 0. The number of esters is 3. The van der Waals surface area contributed by atoms with Crippen LogP contribution in [-0.2, 0) is 28.6 Å². The van der Waals surface area contributed by atoms with Gasteiger partial charge in [0, 0.05) is 19.3 Å². The van der Waals surface area contributed by atoms with Gasteiger partial charge in [0.15, 0.2) is 6.10 Å². The monoisotopic (exact) mass is 915 g/mol. The van der Waals surface area contributed by atoms with Crippen LogP contribution in [0, 0.1) is 0 Å². The van der Waals surface area contributed by atoms with Crippen molar-refractivity contribution in [3.63, 3.8) is 0 Å². The first-order valence-electron chi connectivity index (χ1n) is 26.9. The van der Waals surface area contributed by atoms with Crippen LogP contribution in [0.15, 0.2) is 109 Å². The van der Waals surface area contributed by atoms with Crippen LogP contribution in [0.1, 0.15) is 233 Å². The normalized spacial score (nSPS) is 13.0. The van der Waals surface area contributed by atoms with E-state index < -0.39 is 6.10 Å². The largest absolute Gasteiger partial charge is 0.462 e. The lowest BCUT2D eigenvalue weighted by atomic mass is 10.1. The number of unbranched alkanes of at least 4 members (excludes halogenated alkanes) is 18. The molecule has 0 heterocycles. The summed E-state index contributed by atoms with van der Waals surface area (Å²) in [6.07, 6.45) is 72.6. The zero-order chi connectivity index (χ0) is 47.9. The van der Waals surface area contributed by atoms with Gasteiger partial charge in [-0.15, -0.1) is 0 Å². The Labute approximate surface area is 406 Å². The smallest absolute Gasteiger partial charge is 0.306 e. The fraction of sp³-hybridized carbons (Fsp3) is 0.650. The molecule has 0 aromatic carbocycles. The van der Waals surface area contributed by atoms with E-state index in [0.717, 1.165) is 148 Å². The van der Waals surface area contributed by atoms with Crippen molar-refractivity contribution in [3.8, 4) is 0 Å². The molecule has 66 heavy (non-hydrogen) atoms. The minimum atomic E-state index is -0.790. The Hall–Kier alpha value is -3.93. The Bertz CT molecular complexity index is 1370. The fourth-order valence-electron chi connectivity index (χ4n) is 6.98. The second-order valence-electron chi connectivity index (χ2n) is 17.4. The molecule has 0 fully saturated rings. The maximum atomic E-state index is 12.7. The molecule has 1 unspecified atom stereocenters. The maximum Gasteiger partial charge on any atom is 0.306 e. The van der Waals surface area contributed by atoms with Crippen molar-refractivity contribution >= 4 is 17.9 Å². The highest BCUT2D eigenvalue weighted by Crippen LogP contribution is 2.13. The summed E-state index contributed by atoms with van der Waals surface area (Å²) in [7, 11) is 0. The minimum Gasteiger partial charge on any atom is -0.462 e. The van der Waals surface area contributed by atoms with E-state index in [1.807, 2.05) is 0 Å². The van der Waals surface area contributed by atoms with Crippen LogP contribution in [0.25, 0.3) is 0 Å². The zero-order valence-electron chi connectivity index (χ0n) is 42.7. The first-order chi connectivity index (χ1) is 32.5. The highest BCUT2D eigenvalue weighted by Gasteiger charge is 2.19. The van der Waals surface area contributed by atoms with Gasteiger partial charge in [-0.3, -0.25) is 14.4 Å². The fourth-order valence-corrected chi connectivity index (χ4v) is 6.98. The molecule has 0 rings (SSSR count). The minimum absolute atomic E-state index is 0.0914. The van der Waals surface area contributed by atoms with Gasteiger partial charge in [-0.1, -0.05) is 214 Å². The standard InChI is InChI=1S/C60H98O6/c1-4-7-10-13-15-17-19-21-23-24-25-26-27-28-29-30-31-32-33-34-35-36-37-39-40-42-44-47-50-53-59(62)65-56-57(55-64-58(61)52-49-46-12-9-6-3)66-60(63)54-51-48-45-43-41-38-22-20-18-16-14-11-8-5-2/h7,10,15,17,20-23,25-26,28-29,31-32,34-35,37,39,57H,4-6,8-9,11-14,16,18-19,24,27,30,33,36,38,40-56H2,1-3H3/b10-7-,17-15-,22-20-,23-21-,26-25-,29-28-,32-31-,35-34-,39-37-. The van der Waals surface area contributed by atoms with Crippen molar-refractivity contribution in [2.24, 2.45) is 0 Å². The van der Waals surface area contributed by atoms with Gasteiger partial charge >= 0.3 is 17.9 Å². The summed E-state index contributed by atoms with van der Waals surface area (Å²) in [5.74, 6) is -0.945. The molecular formula is C60H98O6. The maximum absolute atomic E-state index is 12.7. The van der Waals surface area contributed by atoms with Gasteiger partial charge in [0.2, 0.25) is 0 Å². The first-order valence-corrected chi connectivity index (χ1v) is 26.9. The molecule has 0 aromatic rings. The lowest BCUT2D eigenvalue weighted by Gasteiger charge is -2.18. The van der Waals surface area contributed by atoms with Crippen molar-refractivity contribution in [2.75, 3.05) is 13.2 Å². The van der Waals surface area contributed by atoms with Gasteiger partial charge in [-0.2, -0.15) is 0 Å². The Kier molecular flexibility index (Phi) is 50.5. The molecule has 0 aliphatic carbocycles. The summed E-state index contributed by atoms with van der Waals surface area (Å²) < 4.78 is 16.6. The predicted octanol–water partition coefficient (Wildman–Crippen LogP) is 17.9. The Morgan fingerprint density at radius 1 is 0.318 bits per heavy atom. The van der Waals surface area contributed by atoms with Crippen LogP contribution in [0.4, 0.5) is 0 Å². The molecule has 0 aromatic heterocycles. The molecule has 1 atom stereocenters.